The van der Waals surface area contributed by atoms with Crippen LogP contribution in [-0.4, -0.2) is 15.0 Å². The van der Waals surface area contributed by atoms with Crippen molar-refractivity contribution >= 4 is 50.7 Å². The van der Waals surface area contributed by atoms with Crippen LogP contribution in [0.25, 0.3) is 10.2 Å². The van der Waals surface area contributed by atoms with Crippen LogP contribution in [-0.2, 0) is 5.75 Å². The van der Waals surface area contributed by atoms with Gasteiger partial charge in [-0.3, -0.25) is 0 Å². The normalized spacial score (nSPS) is 11.2. The maximum Gasteiger partial charge on any atom is 0.142 e. The predicted octanol–water partition coefficient (Wildman–Crippen LogP) is 4.23. The lowest BCUT2D eigenvalue weighted by Crippen LogP contribution is -1.99. The molecule has 0 bridgehead atoms. The van der Waals surface area contributed by atoms with Crippen molar-refractivity contribution in [3.05, 3.63) is 39.6 Å². The standard InChI is InChI=1S/C14H13ClN4S2/c1-7-8(2)21-14-11(7)12(16)18-10(19-14)6-20-13-9(15)4-3-5-17-13/h3-5H,6H2,1-2H3,(H2,16,18,19). The van der Waals surface area contributed by atoms with E-state index in [9.17, 15) is 0 Å². The van der Waals surface area contributed by atoms with Crippen molar-refractivity contribution < 1.29 is 0 Å². The van der Waals surface area contributed by atoms with Gasteiger partial charge in [-0.25, -0.2) is 15.0 Å². The SMILES string of the molecule is Cc1sc2nc(CSc3ncccc3Cl)nc(N)c2c1C. The Morgan fingerprint density at radius 3 is 2.90 bits per heavy atom. The van der Waals surface area contributed by atoms with Gasteiger partial charge in [-0.2, -0.15) is 0 Å². The first-order chi connectivity index (χ1) is 10.1. The molecule has 7 heteroatoms. The van der Waals surface area contributed by atoms with Crippen molar-refractivity contribution in [2.24, 2.45) is 0 Å². The molecule has 0 spiro atoms. The Labute approximate surface area is 135 Å². The van der Waals surface area contributed by atoms with Gasteiger partial charge in [0.05, 0.1) is 16.2 Å². The van der Waals surface area contributed by atoms with Gasteiger partial charge in [-0.15, -0.1) is 11.3 Å². The van der Waals surface area contributed by atoms with Crippen LogP contribution in [0.1, 0.15) is 16.3 Å². The average Bonchev–Trinajstić information content (AvgIpc) is 2.73. The highest BCUT2D eigenvalue weighted by molar-refractivity contribution is 7.98. The van der Waals surface area contributed by atoms with Crippen molar-refractivity contribution in [3.8, 4) is 0 Å². The number of anilines is 1. The molecule has 2 N–H and O–H groups in total. The summed E-state index contributed by atoms with van der Waals surface area (Å²) in [6.07, 6.45) is 1.72. The number of thioether (sulfide) groups is 1. The van der Waals surface area contributed by atoms with Crippen LogP contribution >= 0.6 is 34.7 Å². The predicted molar refractivity (Wildman–Crippen MR) is 90.1 cm³/mol. The van der Waals surface area contributed by atoms with Gasteiger partial charge in [0.2, 0.25) is 0 Å². The third kappa shape index (κ3) is 2.84. The van der Waals surface area contributed by atoms with Gasteiger partial charge in [-0.05, 0) is 31.5 Å². The summed E-state index contributed by atoms with van der Waals surface area (Å²) in [6.45, 7) is 4.12. The topological polar surface area (TPSA) is 64.7 Å². The molecule has 0 atom stereocenters. The molecule has 0 unspecified atom stereocenters. The summed E-state index contributed by atoms with van der Waals surface area (Å²) in [5.41, 5.74) is 7.24. The van der Waals surface area contributed by atoms with Gasteiger partial charge in [0.1, 0.15) is 21.5 Å². The molecule has 0 fully saturated rings. The Bertz CT molecular complexity index is 816. The Hall–Kier alpha value is -1.37. The molecule has 3 aromatic rings. The van der Waals surface area contributed by atoms with E-state index in [-0.39, 0.29) is 0 Å². The van der Waals surface area contributed by atoms with Crippen LogP contribution in [0.15, 0.2) is 23.4 Å². The van der Waals surface area contributed by atoms with E-state index < -0.39 is 0 Å². The second kappa shape index (κ2) is 5.79. The molecular formula is C14H13ClN4S2. The number of pyridine rings is 1. The van der Waals surface area contributed by atoms with E-state index in [1.807, 2.05) is 12.1 Å². The lowest BCUT2D eigenvalue weighted by atomic mass is 10.2. The van der Waals surface area contributed by atoms with E-state index in [2.05, 4.69) is 28.8 Å². The van der Waals surface area contributed by atoms with Gasteiger partial charge < -0.3 is 5.73 Å². The van der Waals surface area contributed by atoms with Crippen LogP contribution < -0.4 is 5.73 Å². The van der Waals surface area contributed by atoms with E-state index in [0.717, 1.165) is 15.2 Å². The van der Waals surface area contributed by atoms with Crippen molar-refractivity contribution in [3.63, 3.8) is 0 Å². The molecule has 0 aliphatic heterocycles. The van der Waals surface area contributed by atoms with E-state index in [1.54, 1.807) is 17.5 Å². The molecule has 3 rings (SSSR count). The van der Waals surface area contributed by atoms with Gasteiger partial charge in [0, 0.05) is 11.1 Å². The number of aryl methyl sites for hydroxylation is 2. The Morgan fingerprint density at radius 2 is 2.14 bits per heavy atom. The molecule has 21 heavy (non-hydrogen) atoms. The van der Waals surface area contributed by atoms with E-state index >= 15 is 0 Å². The monoisotopic (exact) mass is 336 g/mol. The largest absolute Gasteiger partial charge is 0.383 e. The van der Waals surface area contributed by atoms with Crippen molar-refractivity contribution in [2.45, 2.75) is 24.6 Å². The molecule has 0 aromatic carbocycles. The van der Waals surface area contributed by atoms with Crippen molar-refractivity contribution in [1.82, 2.24) is 15.0 Å². The van der Waals surface area contributed by atoms with Crippen molar-refractivity contribution in [1.29, 1.82) is 0 Å². The minimum Gasteiger partial charge on any atom is -0.383 e. The number of nitrogens with two attached hydrogens (primary N) is 1. The number of nitrogen functional groups attached to an aromatic ring is 1. The number of aromatic nitrogens is 3. The van der Waals surface area contributed by atoms with Gasteiger partial charge in [0.25, 0.3) is 0 Å². The maximum atomic E-state index is 6.09. The summed E-state index contributed by atoms with van der Waals surface area (Å²) < 4.78 is 0. The number of nitrogens with zero attached hydrogens (tertiary/aromatic N) is 3. The quantitative estimate of drug-likeness (QED) is 0.725. The highest BCUT2D eigenvalue weighted by Crippen LogP contribution is 2.33. The molecule has 0 amide bonds. The Kier molecular flexibility index (Phi) is 4.01. The van der Waals surface area contributed by atoms with Crippen LogP contribution in [0, 0.1) is 13.8 Å². The van der Waals surface area contributed by atoms with Crippen LogP contribution in [0.5, 0.6) is 0 Å². The molecule has 0 aliphatic rings. The number of hydrogen-bond acceptors (Lipinski definition) is 6. The zero-order chi connectivity index (χ0) is 15.0. The lowest BCUT2D eigenvalue weighted by molar-refractivity contribution is 1.07. The van der Waals surface area contributed by atoms with E-state index in [0.29, 0.717) is 22.4 Å². The molecule has 4 nitrogen and oxygen atoms in total. The molecule has 0 radical (unpaired) electrons. The molecule has 0 saturated heterocycles. The first-order valence-corrected chi connectivity index (χ1v) is 8.49. The third-order valence-corrected chi connectivity index (χ3v) is 5.69. The fourth-order valence-corrected chi connectivity index (χ4v) is 4.08. The van der Waals surface area contributed by atoms with Gasteiger partial charge in [0.15, 0.2) is 0 Å². The van der Waals surface area contributed by atoms with Gasteiger partial charge >= 0.3 is 0 Å². The number of thiophene rings is 1. The second-order valence-electron chi connectivity index (χ2n) is 4.57. The lowest BCUT2D eigenvalue weighted by Gasteiger charge is -2.04. The molecular weight excluding hydrogens is 324 g/mol. The Balaban J connectivity index is 1.90. The average molecular weight is 337 g/mol. The summed E-state index contributed by atoms with van der Waals surface area (Å²) in [4.78, 5) is 15.4. The fourth-order valence-electron chi connectivity index (χ4n) is 2.00. The molecule has 3 heterocycles. The zero-order valence-electron chi connectivity index (χ0n) is 11.6. The fraction of sp³-hybridized carbons (Fsp3) is 0.214. The first kappa shape index (κ1) is 14.6. The highest BCUT2D eigenvalue weighted by atomic mass is 35.5. The smallest absolute Gasteiger partial charge is 0.142 e. The van der Waals surface area contributed by atoms with E-state index in [4.69, 9.17) is 17.3 Å². The number of rotatable bonds is 3. The van der Waals surface area contributed by atoms with E-state index in [1.165, 1.54) is 22.2 Å². The Morgan fingerprint density at radius 1 is 1.33 bits per heavy atom. The summed E-state index contributed by atoms with van der Waals surface area (Å²) in [7, 11) is 0. The second-order valence-corrected chi connectivity index (χ2v) is 7.14. The van der Waals surface area contributed by atoms with Gasteiger partial charge in [-0.1, -0.05) is 23.4 Å². The number of hydrogen-bond donors (Lipinski definition) is 1. The number of halogens is 1. The summed E-state index contributed by atoms with van der Waals surface area (Å²) in [5, 5.41) is 2.39. The summed E-state index contributed by atoms with van der Waals surface area (Å²) in [5.74, 6) is 1.84. The first-order valence-electron chi connectivity index (χ1n) is 6.31. The molecule has 108 valence electrons. The highest BCUT2D eigenvalue weighted by Gasteiger charge is 2.13. The van der Waals surface area contributed by atoms with Crippen molar-refractivity contribution in [2.75, 3.05) is 5.73 Å². The molecule has 0 saturated carbocycles. The minimum atomic E-state index is 0.546. The van der Waals surface area contributed by atoms with Crippen LogP contribution in [0.4, 0.5) is 5.82 Å². The summed E-state index contributed by atoms with van der Waals surface area (Å²) >= 11 is 9.25. The maximum absolute atomic E-state index is 6.09. The van der Waals surface area contributed by atoms with Crippen LogP contribution in [0.2, 0.25) is 5.02 Å². The molecule has 3 aromatic heterocycles. The molecule has 0 aliphatic carbocycles. The zero-order valence-corrected chi connectivity index (χ0v) is 13.9. The summed E-state index contributed by atoms with van der Waals surface area (Å²) in [6, 6.07) is 3.63. The number of fused-ring (bicyclic) bond motifs is 1. The van der Waals surface area contributed by atoms with Crippen LogP contribution in [0.3, 0.4) is 0 Å². The third-order valence-electron chi connectivity index (χ3n) is 3.17. The minimum absolute atomic E-state index is 0.546.